The minimum Gasteiger partial charge on any atom is -0.314 e. The molecule has 0 aromatic carbocycles. The van der Waals surface area contributed by atoms with E-state index in [-0.39, 0.29) is 0 Å². The lowest BCUT2D eigenvalue weighted by atomic mass is 9.79. The van der Waals surface area contributed by atoms with E-state index in [9.17, 15) is 0 Å². The van der Waals surface area contributed by atoms with Gasteiger partial charge in [0.1, 0.15) is 0 Å². The lowest BCUT2D eigenvalue weighted by Crippen LogP contribution is -2.39. The fourth-order valence-corrected chi connectivity index (χ4v) is 2.14. The molecule has 1 aromatic heterocycles. The molecule has 1 heterocycles. The van der Waals surface area contributed by atoms with Crippen LogP contribution in [0.15, 0.2) is 12.4 Å². The average molecular weight is 207 g/mol. The summed E-state index contributed by atoms with van der Waals surface area (Å²) in [6.45, 7) is 7.63. The summed E-state index contributed by atoms with van der Waals surface area (Å²) in [6.07, 6.45) is 6.73. The summed E-state index contributed by atoms with van der Waals surface area (Å²) in [4.78, 5) is 0. The largest absolute Gasteiger partial charge is 0.314 e. The second-order valence-electron chi connectivity index (χ2n) is 4.97. The molecule has 3 nitrogen and oxygen atoms in total. The second kappa shape index (κ2) is 4.35. The zero-order chi connectivity index (χ0) is 10.8. The zero-order valence-electron chi connectivity index (χ0n) is 9.90. The second-order valence-corrected chi connectivity index (χ2v) is 4.97. The van der Waals surface area contributed by atoms with E-state index in [1.807, 2.05) is 6.20 Å². The third-order valence-corrected chi connectivity index (χ3v) is 3.24. The van der Waals surface area contributed by atoms with E-state index in [0.29, 0.717) is 12.1 Å². The molecule has 0 aliphatic heterocycles. The maximum Gasteiger partial charge on any atom is 0.0559 e. The lowest BCUT2D eigenvalue weighted by Gasteiger charge is -2.37. The van der Waals surface area contributed by atoms with Crippen molar-refractivity contribution in [2.75, 3.05) is 6.54 Å². The van der Waals surface area contributed by atoms with Crippen LogP contribution in [0.5, 0.6) is 0 Å². The van der Waals surface area contributed by atoms with Crippen molar-refractivity contribution in [3.63, 3.8) is 0 Å². The summed E-state index contributed by atoms with van der Waals surface area (Å²) < 4.78 is 2.14. The molecule has 0 bridgehead atoms. The smallest absolute Gasteiger partial charge is 0.0559 e. The Hall–Kier alpha value is -0.830. The van der Waals surface area contributed by atoms with Gasteiger partial charge in [-0.1, -0.05) is 13.8 Å². The van der Waals surface area contributed by atoms with E-state index in [1.54, 1.807) is 0 Å². The van der Waals surface area contributed by atoms with E-state index < -0.39 is 0 Å². The molecule has 0 spiro atoms. The summed E-state index contributed by atoms with van der Waals surface area (Å²) in [6, 6.07) is 1.22. The Labute approximate surface area is 91.9 Å². The monoisotopic (exact) mass is 207 g/mol. The first kappa shape index (κ1) is 10.7. The van der Waals surface area contributed by atoms with E-state index in [2.05, 4.69) is 42.1 Å². The number of aryl methyl sites for hydroxylation is 1. The van der Waals surface area contributed by atoms with Crippen LogP contribution in [0.2, 0.25) is 0 Å². The number of nitrogens with one attached hydrogen (secondary N) is 1. The molecule has 0 saturated heterocycles. The highest BCUT2D eigenvalue weighted by atomic mass is 15.3. The SMILES string of the molecule is Cc1cnn(C2CCC2CNC(C)C)c1. The van der Waals surface area contributed by atoms with Crippen LogP contribution in [-0.2, 0) is 0 Å². The molecule has 1 N–H and O–H groups in total. The molecule has 0 radical (unpaired) electrons. The highest BCUT2D eigenvalue weighted by Crippen LogP contribution is 2.37. The van der Waals surface area contributed by atoms with Gasteiger partial charge in [-0.15, -0.1) is 0 Å². The molecule has 1 fully saturated rings. The van der Waals surface area contributed by atoms with Crippen LogP contribution in [0.3, 0.4) is 0 Å². The number of rotatable bonds is 4. The molecule has 1 aliphatic rings. The molecular formula is C12H21N3. The number of hydrogen-bond acceptors (Lipinski definition) is 2. The lowest BCUT2D eigenvalue weighted by molar-refractivity contribution is 0.160. The molecule has 0 amide bonds. The van der Waals surface area contributed by atoms with Gasteiger partial charge in [0, 0.05) is 18.8 Å². The van der Waals surface area contributed by atoms with Gasteiger partial charge >= 0.3 is 0 Å². The Bertz CT molecular complexity index is 316. The quantitative estimate of drug-likeness (QED) is 0.819. The summed E-state index contributed by atoms with van der Waals surface area (Å²) in [5.41, 5.74) is 1.26. The van der Waals surface area contributed by atoms with Crippen molar-refractivity contribution >= 4 is 0 Å². The van der Waals surface area contributed by atoms with Crippen LogP contribution in [0, 0.1) is 12.8 Å². The maximum atomic E-state index is 4.40. The van der Waals surface area contributed by atoms with E-state index >= 15 is 0 Å². The fourth-order valence-electron chi connectivity index (χ4n) is 2.14. The van der Waals surface area contributed by atoms with Gasteiger partial charge in [0.05, 0.1) is 12.2 Å². The average Bonchev–Trinajstić information content (AvgIpc) is 2.49. The number of hydrogen-bond donors (Lipinski definition) is 1. The molecule has 1 aromatic rings. The Morgan fingerprint density at radius 3 is 2.80 bits per heavy atom. The zero-order valence-corrected chi connectivity index (χ0v) is 9.90. The summed E-state index contributed by atoms with van der Waals surface area (Å²) in [5.74, 6) is 0.770. The van der Waals surface area contributed by atoms with Crippen LogP contribution in [0.25, 0.3) is 0 Å². The molecule has 84 valence electrons. The number of aromatic nitrogens is 2. The molecule has 2 rings (SSSR count). The van der Waals surface area contributed by atoms with Gasteiger partial charge in [-0.25, -0.2) is 0 Å². The Balaban J connectivity index is 1.89. The van der Waals surface area contributed by atoms with E-state index in [4.69, 9.17) is 0 Å². The third kappa shape index (κ3) is 2.40. The Morgan fingerprint density at radius 1 is 1.53 bits per heavy atom. The number of nitrogens with zero attached hydrogens (tertiary/aromatic N) is 2. The van der Waals surface area contributed by atoms with Gasteiger partial charge < -0.3 is 5.32 Å². The van der Waals surface area contributed by atoms with Crippen molar-refractivity contribution in [1.82, 2.24) is 15.1 Å². The summed E-state index contributed by atoms with van der Waals surface area (Å²) in [7, 11) is 0. The first-order valence-electron chi connectivity index (χ1n) is 5.91. The Morgan fingerprint density at radius 2 is 2.33 bits per heavy atom. The Kier molecular flexibility index (Phi) is 3.10. The van der Waals surface area contributed by atoms with Gasteiger partial charge in [-0.2, -0.15) is 5.10 Å². The van der Waals surface area contributed by atoms with Crippen LogP contribution >= 0.6 is 0 Å². The minimum atomic E-state index is 0.589. The predicted octanol–water partition coefficient (Wildman–Crippen LogP) is 2.14. The van der Waals surface area contributed by atoms with Gasteiger partial charge in [0.2, 0.25) is 0 Å². The predicted molar refractivity (Wildman–Crippen MR) is 61.9 cm³/mol. The van der Waals surface area contributed by atoms with Gasteiger partial charge in [-0.05, 0) is 31.2 Å². The summed E-state index contributed by atoms with van der Waals surface area (Å²) >= 11 is 0. The fraction of sp³-hybridized carbons (Fsp3) is 0.750. The van der Waals surface area contributed by atoms with Crippen molar-refractivity contribution in [3.8, 4) is 0 Å². The molecule has 2 unspecified atom stereocenters. The molecule has 1 saturated carbocycles. The first-order valence-corrected chi connectivity index (χ1v) is 5.91. The molecule has 1 aliphatic carbocycles. The van der Waals surface area contributed by atoms with Crippen LogP contribution in [-0.4, -0.2) is 22.4 Å². The van der Waals surface area contributed by atoms with Crippen molar-refractivity contribution in [2.45, 2.75) is 45.7 Å². The molecule has 3 heteroatoms. The van der Waals surface area contributed by atoms with Gasteiger partial charge in [0.25, 0.3) is 0 Å². The van der Waals surface area contributed by atoms with Gasteiger partial charge in [-0.3, -0.25) is 4.68 Å². The molecule has 15 heavy (non-hydrogen) atoms. The highest BCUT2D eigenvalue weighted by molar-refractivity contribution is 5.02. The first-order chi connectivity index (χ1) is 7.16. The maximum absolute atomic E-state index is 4.40. The van der Waals surface area contributed by atoms with Crippen LogP contribution in [0.4, 0.5) is 0 Å². The minimum absolute atomic E-state index is 0.589. The van der Waals surface area contributed by atoms with Crippen molar-refractivity contribution in [2.24, 2.45) is 5.92 Å². The van der Waals surface area contributed by atoms with Crippen molar-refractivity contribution < 1.29 is 0 Å². The van der Waals surface area contributed by atoms with Crippen molar-refractivity contribution in [3.05, 3.63) is 18.0 Å². The molecule has 2 atom stereocenters. The van der Waals surface area contributed by atoms with Crippen LogP contribution < -0.4 is 5.32 Å². The van der Waals surface area contributed by atoms with Crippen LogP contribution in [0.1, 0.15) is 38.3 Å². The highest BCUT2D eigenvalue weighted by Gasteiger charge is 2.32. The van der Waals surface area contributed by atoms with Crippen molar-refractivity contribution in [1.29, 1.82) is 0 Å². The standard InChI is InChI=1S/C12H21N3/c1-9(2)13-7-11-4-5-12(11)15-8-10(3)6-14-15/h6,8-9,11-13H,4-5,7H2,1-3H3. The normalized spacial score (nSPS) is 25.6. The topological polar surface area (TPSA) is 29.9 Å². The molecular weight excluding hydrogens is 186 g/mol. The van der Waals surface area contributed by atoms with E-state index in [0.717, 1.165) is 12.5 Å². The third-order valence-electron chi connectivity index (χ3n) is 3.24. The van der Waals surface area contributed by atoms with Gasteiger partial charge in [0.15, 0.2) is 0 Å². The van der Waals surface area contributed by atoms with E-state index in [1.165, 1.54) is 18.4 Å². The summed E-state index contributed by atoms with van der Waals surface area (Å²) in [5, 5.41) is 7.92.